The highest BCUT2D eigenvalue weighted by Crippen LogP contribution is 2.83. The van der Waals surface area contributed by atoms with Crippen molar-refractivity contribution < 1.29 is 4.74 Å². The van der Waals surface area contributed by atoms with Crippen molar-refractivity contribution >= 4 is 5.71 Å². The molecular weight excluding hydrogens is 342 g/mol. The molecule has 7 aliphatic rings. The van der Waals surface area contributed by atoms with Crippen LogP contribution in [0.3, 0.4) is 0 Å². The quantitative estimate of drug-likeness (QED) is 0.640. The van der Waals surface area contributed by atoms with Gasteiger partial charge in [0.25, 0.3) is 0 Å². The van der Waals surface area contributed by atoms with E-state index in [-0.39, 0.29) is 0 Å². The highest BCUT2D eigenvalue weighted by molar-refractivity contribution is 5.93. The maximum atomic E-state index is 8.23. The van der Waals surface area contributed by atoms with Crippen LogP contribution in [0.4, 0.5) is 0 Å². The van der Waals surface area contributed by atoms with Gasteiger partial charge in [-0.3, -0.25) is 0 Å². The highest BCUT2D eigenvalue weighted by atomic mass is 16.5. The molecule has 1 N–H and O–H groups in total. The van der Waals surface area contributed by atoms with E-state index in [0.717, 1.165) is 72.0 Å². The standard InChI is InChI=1S/C26H37NO/c1-3-14-9-15-10-17(27)5-6-18(15)19-7-8-25(4-2)24(23(14)19)20-12-22(20)26(25)21-11-16(21)13-28-26/h10,14,16,18-24,27H,3-9,11-13H2,1-2H3. The number of nitrogens with one attached hydrogen (secondary N) is 1. The Labute approximate surface area is 170 Å². The first-order chi connectivity index (χ1) is 13.6. The van der Waals surface area contributed by atoms with Gasteiger partial charge in [0, 0.05) is 11.1 Å². The van der Waals surface area contributed by atoms with Crippen LogP contribution in [0, 0.1) is 64.1 Å². The van der Waals surface area contributed by atoms with Gasteiger partial charge in [-0.05, 0) is 111 Å². The van der Waals surface area contributed by atoms with Crippen LogP contribution in [0.15, 0.2) is 11.6 Å². The molecule has 1 saturated heterocycles. The van der Waals surface area contributed by atoms with Crippen LogP contribution in [0.1, 0.15) is 71.6 Å². The minimum absolute atomic E-state index is 0.301. The van der Waals surface area contributed by atoms with E-state index in [4.69, 9.17) is 10.1 Å². The molecule has 6 aliphatic carbocycles. The normalized spacial score (nSPS) is 60.4. The van der Waals surface area contributed by atoms with Crippen LogP contribution in [0.2, 0.25) is 0 Å². The van der Waals surface area contributed by atoms with Crippen LogP contribution in [-0.4, -0.2) is 17.9 Å². The number of rotatable bonds is 2. The smallest absolute Gasteiger partial charge is 0.0803 e. The molecule has 5 saturated carbocycles. The Kier molecular flexibility index (Phi) is 3.26. The Hall–Kier alpha value is -0.630. The van der Waals surface area contributed by atoms with Crippen molar-refractivity contribution in [1.82, 2.24) is 0 Å². The van der Waals surface area contributed by atoms with Crippen LogP contribution < -0.4 is 0 Å². The fraction of sp³-hybridized carbons (Fsp3) is 0.885. The third kappa shape index (κ3) is 1.77. The van der Waals surface area contributed by atoms with E-state index in [1.54, 1.807) is 5.57 Å². The monoisotopic (exact) mass is 379 g/mol. The zero-order valence-corrected chi connectivity index (χ0v) is 17.8. The summed E-state index contributed by atoms with van der Waals surface area (Å²) in [6.45, 7) is 6.07. The minimum atomic E-state index is 0.301. The van der Waals surface area contributed by atoms with Gasteiger partial charge < -0.3 is 10.1 Å². The number of hydrogen-bond donors (Lipinski definition) is 1. The van der Waals surface area contributed by atoms with E-state index in [0.29, 0.717) is 11.0 Å². The van der Waals surface area contributed by atoms with Gasteiger partial charge in [-0.1, -0.05) is 25.8 Å². The van der Waals surface area contributed by atoms with Crippen LogP contribution >= 0.6 is 0 Å². The second-order valence-corrected chi connectivity index (χ2v) is 11.8. The first-order valence-electron chi connectivity index (χ1n) is 12.6. The third-order valence-electron chi connectivity index (χ3n) is 11.4. The second kappa shape index (κ2) is 5.34. The van der Waals surface area contributed by atoms with E-state index in [1.807, 2.05) is 0 Å². The van der Waals surface area contributed by atoms with Gasteiger partial charge in [0.1, 0.15) is 0 Å². The van der Waals surface area contributed by atoms with E-state index in [1.165, 1.54) is 51.4 Å². The van der Waals surface area contributed by atoms with Gasteiger partial charge in [0.05, 0.1) is 12.2 Å². The van der Waals surface area contributed by atoms with E-state index in [9.17, 15) is 0 Å². The Morgan fingerprint density at radius 1 is 1.14 bits per heavy atom. The molecule has 2 nitrogen and oxygen atoms in total. The molecule has 1 heterocycles. The molecule has 7 rings (SSSR count). The Balaban J connectivity index is 1.33. The number of fused-ring (bicyclic) bond motifs is 11. The summed E-state index contributed by atoms with van der Waals surface area (Å²) in [6.07, 6.45) is 14.5. The van der Waals surface area contributed by atoms with E-state index in [2.05, 4.69) is 19.9 Å². The SMILES string of the molecule is CCC1CC2=CC(=N)CCC2C2CCC3(CC)C(C4CC4C34OCC3CC34)C12. The molecule has 0 radical (unpaired) electrons. The fourth-order valence-corrected chi connectivity index (χ4v) is 10.5. The van der Waals surface area contributed by atoms with Gasteiger partial charge in [-0.15, -0.1) is 0 Å². The Bertz CT molecular complexity index is 770. The molecule has 0 bridgehead atoms. The molecule has 0 aromatic rings. The topological polar surface area (TPSA) is 33.1 Å². The van der Waals surface area contributed by atoms with Gasteiger partial charge in [0.15, 0.2) is 0 Å². The van der Waals surface area contributed by atoms with Crippen molar-refractivity contribution in [3.63, 3.8) is 0 Å². The van der Waals surface area contributed by atoms with Gasteiger partial charge in [0.2, 0.25) is 0 Å². The van der Waals surface area contributed by atoms with Crippen molar-refractivity contribution in [1.29, 1.82) is 5.41 Å². The van der Waals surface area contributed by atoms with Crippen molar-refractivity contribution in [3.8, 4) is 0 Å². The highest BCUT2D eigenvalue weighted by Gasteiger charge is 2.83. The number of ether oxygens (including phenoxy) is 1. The van der Waals surface area contributed by atoms with Crippen molar-refractivity contribution in [2.45, 2.75) is 77.2 Å². The summed E-state index contributed by atoms with van der Waals surface area (Å²) in [4.78, 5) is 0. The zero-order valence-electron chi connectivity index (χ0n) is 17.8. The Morgan fingerprint density at radius 2 is 2.04 bits per heavy atom. The molecule has 6 fully saturated rings. The molecular formula is C26H37NO. The summed E-state index contributed by atoms with van der Waals surface area (Å²) in [7, 11) is 0. The summed E-state index contributed by atoms with van der Waals surface area (Å²) >= 11 is 0. The van der Waals surface area contributed by atoms with Gasteiger partial charge in [-0.25, -0.2) is 0 Å². The lowest BCUT2D eigenvalue weighted by Crippen LogP contribution is -2.59. The van der Waals surface area contributed by atoms with Crippen LogP contribution in [-0.2, 0) is 4.74 Å². The fourth-order valence-electron chi connectivity index (χ4n) is 10.5. The third-order valence-corrected chi connectivity index (χ3v) is 11.4. The molecule has 0 aromatic carbocycles. The second-order valence-electron chi connectivity index (χ2n) is 11.8. The van der Waals surface area contributed by atoms with Crippen molar-refractivity contribution in [3.05, 3.63) is 11.6 Å². The first kappa shape index (κ1) is 17.1. The maximum Gasteiger partial charge on any atom is 0.0803 e. The first-order valence-corrected chi connectivity index (χ1v) is 12.6. The van der Waals surface area contributed by atoms with E-state index >= 15 is 0 Å². The molecule has 28 heavy (non-hydrogen) atoms. The zero-order chi connectivity index (χ0) is 18.8. The summed E-state index contributed by atoms with van der Waals surface area (Å²) in [6, 6.07) is 0. The van der Waals surface area contributed by atoms with Gasteiger partial charge in [-0.2, -0.15) is 0 Å². The summed E-state index contributed by atoms with van der Waals surface area (Å²) in [5.74, 6) is 8.25. The molecule has 0 amide bonds. The average molecular weight is 380 g/mol. The predicted molar refractivity (Wildman–Crippen MR) is 111 cm³/mol. The molecule has 1 aliphatic heterocycles. The minimum Gasteiger partial charge on any atom is -0.374 e. The van der Waals surface area contributed by atoms with Crippen LogP contribution in [0.25, 0.3) is 0 Å². The lowest BCUT2D eigenvalue weighted by molar-refractivity contribution is -0.180. The summed E-state index contributed by atoms with van der Waals surface area (Å²) in [5.41, 5.74) is 3.39. The number of hydrogen-bond acceptors (Lipinski definition) is 2. The van der Waals surface area contributed by atoms with Crippen molar-refractivity contribution in [2.24, 2.45) is 58.7 Å². The maximum absolute atomic E-state index is 8.23. The van der Waals surface area contributed by atoms with Crippen molar-refractivity contribution in [2.75, 3.05) is 6.61 Å². The Morgan fingerprint density at radius 3 is 2.75 bits per heavy atom. The number of allylic oxidation sites excluding steroid dienone is 2. The lowest BCUT2D eigenvalue weighted by atomic mass is 9.45. The average Bonchev–Trinajstić information content (AvgIpc) is 3.63. The summed E-state index contributed by atoms with van der Waals surface area (Å²) < 4.78 is 6.91. The predicted octanol–water partition coefficient (Wildman–Crippen LogP) is 5.87. The molecule has 11 unspecified atom stereocenters. The molecule has 1 spiro atoms. The van der Waals surface area contributed by atoms with Gasteiger partial charge >= 0.3 is 0 Å². The van der Waals surface area contributed by atoms with E-state index < -0.39 is 0 Å². The molecule has 2 heteroatoms. The molecule has 0 aromatic heterocycles. The summed E-state index contributed by atoms with van der Waals surface area (Å²) in [5, 5.41) is 8.23. The van der Waals surface area contributed by atoms with Crippen LogP contribution in [0.5, 0.6) is 0 Å². The largest absolute Gasteiger partial charge is 0.374 e. The molecule has 152 valence electrons. The molecule has 11 atom stereocenters. The lowest BCUT2D eigenvalue weighted by Gasteiger charge is -2.61.